The van der Waals surface area contributed by atoms with Gasteiger partial charge in [0, 0.05) is 51.0 Å². The monoisotopic (exact) mass is 584 g/mol. The number of carbonyl (C=O) groups excluding carboxylic acids is 2. The van der Waals surface area contributed by atoms with E-state index in [0.717, 1.165) is 37.2 Å². The summed E-state index contributed by atoms with van der Waals surface area (Å²) in [6.07, 6.45) is 8.80. The Morgan fingerprint density at radius 3 is 2.37 bits per heavy atom. The molecule has 0 unspecified atom stereocenters. The van der Waals surface area contributed by atoms with E-state index in [4.69, 9.17) is 9.72 Å². The Morgan fingerprint density at radius 2 is 1.74 bits per heavy atom. The number of ether oxygens (including phenoxy) is 1. The fourth-order valence-electron chi connectivity index (χ4n) is 5.50. The minimum atomic E-state index is -0.415. The third-order valence-electron chi connectivity index (χ3n) is 8.01. The molecule has 0 bridgehead atoms. The van der Waals surface area contributed by atoms with Crippen molar-refractivity contribution in [3.8, 4) is 0 Å². The van der Waals surface area contributed by atoms with Crippen LogP contribution in [0, 0.1) is 6.92 Å². The Hall–Kier alpha value is -4.87. The molecule has 0 atom stereocenters. The van der Waals surface area contributed by atoms with Crippen molar-refractivity contribution in [1.29, 1.82) is 0 Å². The number of likely N-dealkylation sites (N-methyl/N-ethyl adjacent to an activating group) is 2. The molecule has 4 heterocycles. The average molecular weight is 585 g/mol. The summed E-state index contributed by atoms with van der Waals surface area (Å²) in [6, 6.07) is 7.31. The van der Waals surface area contributed by atoms with Crippen LogP contribution in [-0.2, 0) is 4.74 Å². The van der Waals surface area contributed by atoms with Gasteiger partial charge in [0.05, 0.1) is 30.1 Å². The van der Waals surface area contributed by atoms with Gasteiger partial charge in [0.2, 0.25) is 5.95 Å². The maximum absolute atomic E-state index is 13.4. The fourth-order valence-corrected chi connectivity index (χ4v) is 5.50. The second-order valence-electron chi connectivity index (χ2n) is 10.9. The molecular formula is C31H36N8O4. The lowest BCUT2D eigenvalue weighted by molar-refractivity contribution is 0.0600. The molecule has 0 radical (unpaired) electrons. The minimum Gasteiger partial charge on any atom is -0.465 e. The molecule has 0 aliphatic heterocycles. The smallest absolute Gasteiger partial charge is 0.339 e. The second kappa shape index (κ2) is 12.6. The third kappa shape index (κ3) is 6.18. The quantitative estimate of drug-likeness (QED) is 0.211. The highest BCUT2D eigenvalue weighted by atomic mass is 16.5. The normalized spacial score (nSPS) is 13.2. The number of esters is 1. The van der Waals surface area contributed by atoms with E-state index in [1.165, 1.54) is 20.2 Å². The van der Waals surface area contributed by atoms with Crippen molar-refractivity contribution in [1.82, 2.24) is 24.5 Å². The van der Waals surface area contributed by atoms with E-state index in [9.17, 15) is 14.4 Å². The van der Waals surface area contributed by atoms with Gasteiger partial charge >= 0.3 is 5.97 Å². The van der Waals surface area contributed by atoms with Gasteiger partial charge in [-0.3, -0.25) is 14.2 Å². The number of aryl methyl sites for hydroxylation is 1. The Balaban J connectivity index is 1.29. The minimum absolute atomic E-state index is 0.0124. The fraction of sp³-hybridized carbons (Fsp3) is 0.387. The zero-order chi connectivity index (χ0) is 30.7. The molecule has 1 N–H and O–H groups in total. The topological polar surface area (TPSA) is 135 Å². The van der Waals surface area contributed by atoms with Crippen LogP contribution in [0.15, 0.2) is 47.7 Å². The van der Waals surface area contributed by atoms with E-state index in [1.54, 1.807) is 36.0 Å². The van der Waals surface area contributed by atoms with Crippen molar-refractivity contribution in [2.75, 3.05) is 49.4 Å². The number of aromatic nitrogens is 5. The zero-order valence-corrected chi connectivity index (χ0v) is 25.1. The van der Waals surface area contributed by atoms with E-state index < -0.39 is 5.97 Å². The van der Waals surface area contributed by atoms with Gasteiger partial charge in [-0.2, -0.15) is 4.98 Å². The number of rotatable bonds is 10. The number of carbonyl (C=O) groups is 2. The van der Waals surface area contributed by atoms with Gasteiger partial charge in [-0.05, 0) is 56.5 Å². The summed E-state index contributed by atoms with van der Waals surface area (Å²) < 4.78 is 6.43. The average Bonchev–Trinajstić information content (AvgIpc) is 3.54. The Labute approximate surface area is 249 Å². The number of nitrogens with zero attached hydrogens (tertiary/aromatic N) is 7. The molecule has 4 aromatic heterocycles. The van der Waals surface area contributed by atoms with Gasteiger partial charge in [0.25, 0.3) is 5.56 Å². The molecule has 0 aromatic carbocycles. The van der Waals surface area contributed by atoms with Crippen molar-refractivity contribution in [3.05, 3.63) is 69.9 Å². The lowest BCUT2D eigenvalue weighted by Crippen LogP contribution is -2.31. The largest absolute Gasteiger partial charge is 0.465 e. The number of hydrogen-bond donors (Lipinski definition) is 1. The van der Waals surface area contributed by atoms with Crippen LogP contribution in [-0.4, -0.2) is 70.6 Å². The molecule has 1 aliphatic carbocycles. The molecule has 0 amide bonds. The van der Waals surface area contributed by atoms with Crippen molar-refractivity contribution in [2.24, 2.45) is 0 Å². The summed E-state index contributed by atoms with van der Waals surface area (Å²) in [5.74, 6) is 0.983. The third-order valence-corrected chi connectivity index (χ3v) is 8.01. The number of Topliss-reactive ketones (excluding diaryl/α,β-unsaturated/α-hetero) is 1. The van der Waals surface area contributed by atoms with Crippen LogP contribution in [0.3, 0.4) is 0 Å². The van der Waals surface area contributed by atoms with Gasteiger partial charge in [-0.15, -0.1) is 0 Å². The molecule has 5 rings (SSSR count). The maximum atomic E-state index is 13.4. The molecule has 1 aliphatic rings. The molecule has 4 aromatic rings. The summed E-state index contributed by atoms with van der Waals surface area (Å²) in [7, 11) is 5.27. The van der Waals surface area contributed by atoms with Crippen LogP contribution >= 0.6 is 0 Å². The SMILES string of the molecule is COC(=O)c1ccc(N(C)CCN(C)c2ccc(Nc3ncc4c(C)c(C(C)=O)c(=O)n(C5CCCC5)c4n3)nc2)nc1. The number of ketones is 1. The molecule has 12 nitrogen and oxygen atoms in total. The number of pyridine rings is 3. The highest BCUT2D eigenvalue weighted by Crippen LogP contribution is 2.32. The van der Waals surface area contributed by atoms with Crippen LogP contribution in [0.1, 0.15) is 64.9 Å². The number of anilines is 4. The lowest BCUT2D eigenvalue weighted by Gasteiger charge is -2.24. The number of methoxy groups -OCH3 is 1. The van der Waals surface area contributed by atoms with Crippen LogP contribution in [0.4, 0.5) is 23.3 Å². The molecule has 43 heavy (non-hydrogen) atoms. The van der Waals surface area contributed by atoms with Crippen molar-refractivity contribution in [2.45, 2.75) is 45.6 Å². The summed E-state index contributed by atoms with van der Waals surface area (Å²) in [5.41, 5.74) is 2.41. The summed E-state index contributed by atoms with van der Waals surface area (Å²) in [5, 5.41) is 3.86. The van der Waals surface area contributed by atoms with E-state index >= 15 is 0 Å². The predicted molar refractivity (Wildman–Crippen MR) is 166 cm³/mol. The summed E-state index contributed by atoms with van der Waals surface area (Å²) in [6.45, 7) is 4.61. The summed E-state index contributed by atoms with van der Waals surface area (Å²) in [4.78, 5) is 59.7. The highest BCUT2D eigenvalue weighted by Gasteiger charge is 2.26. The molecule has 0 spiro atoms. The number of fused-ring (bicyclic) bond motifs is 1. The molecule has 1 saturated carbocycles. The Kier molecular flexibility index (Phi) is 8.65. The molecule has 1 fully saturated rings. The predicted octanol–water partition coefficient (Wildman–Crippen LogP) is 4.31. The second-order valence-corrected chi connectivity index (χ2v) is 10.9. The molecule has 0 saturated heterocycles. The van der Waals surface area contributed by atoms with Crippen molar-refractivity contribution >= 4 is 46.1 Å². The first-order valence-electron chi connectivity index (χ1n) is 14.3. The van der Waals surface area contributed by atoms with E-state index in [0.29, 0.717) is 47.0 Å². The van der Waals surface area contributed by atoms with E-state index in [1.807, 2.05) is 31.1 Å². The van der Waals surface area contributed by atoms with Gasteiger partial charge < -0.3 is 19.9 Å². The lowest BCUT2D eigenvalue weighted by atomic mass is 10.0. The Bertz CT molecular complexity index is 1700. The van der Waals surface area contributed by atoms with Crippen molar-refractivity contribution in [3.63, 3.8) is 0 Å². The van der Waals surface area contributed by atoms with Crippen LogP contribution < -0.4 is 20.7 Å². The van der Waals surface area contributed by atoms with Gasteiger partial charge in [0.1, 0.15) is 17.3 Å². The van der Waals surface area contributed by atoms with Crippen LogP contribution in [0.5, 0.6) is 0 Å². The van der Waals surface area contributed by atoms with Crippen LogP contribution in [0.25, 0.3) is 11.0 Å². The standard InChI is InChI=1S/C31H36N8O4/c1-19-24-18-34-31(36-28(24)39(22-8-6-7-9-22)29(41)27(19)20(2)40)35-25-12-11-23(17-32-25)37(3)14-15-38(4)26-13-10-21(16-33-26)30(42)43-5/h10-13,16-18,22H,6-9,14-15H2,1-5H3,(H,32,34,35,36). The summed E-state index contributed by atoms with van der Waals surface area (Å²) >= 11 is 0. The van der Waals surface area contributed by atoms with E-state index in [-0.39, 0.29) is 22.9 Å². The number of nitrogens with one attached hydrogen (secondary N) is 1. The van der Waals surface area contributed by atoms with Crippen LogP contribution in [0.2, 0.25) is 0 Å². The first-order valence-corrected chi connectivity index (χ1v) is 14.3. The first-order chi connectivity index (χ1) is 20.7. The maximum Gasteiger partial charge on any atom is 0.339 e. The van der Waals surface area contributed by atoms with Gasteiger partial charge in [0.15, 0.2) is 5.78 Å². The Morgan fingerprint density at radius 1 is 1.00 bits per heavy atom. The molecular weight excluding hydrogens is 548 g/mol. The molecule has 12 heteroatoms. The zero-order valence-electron chi connectivity index (χ0n) is 25.1. The number of hydrogen-bond acceptors (Lipinski definition) is 11. The van der Waals surface area contributed by atoms with Gasteiger partial charge in [-0.25, -0.2) is 19.7 Å². The molecule has 224 valence electrons. The van der Waals surface area contributed by atoms with Crippen molar-refractivity contribution < 1.29 is 14.3 Å². The van der Waals surface area contributed by atoms with Gasteiger partial charge in [-0.1, -0.05) is 12.8 Å². The van der Waals surface area contributed by atoms with E-state index in [2.05, 4.69) is 25.2 Å². The first kappa shape index (κ1) is 29.6. The highest BCUT2D eigenvalue weighted by molar-refractivity contribution is 5.99.